The Morgan fingerprint density at radius 3 is 1.26 bits per heavy atom. The van der Waals surface area contributed by atoms with Crippen molar-refractivity contribution in [2.45, 2.75) is 63.2 Å². The Balaban J connectivity index is 3.70. The number of rotatable bonds is 13. The van der Waals surface area contributed by atoms with Crippen LogP contribution in [-0.2, 0) is 0 Å². The number of hydrogen-bond donors (Lipinski definition) is 0. The summed E-state index contributed by atoms with van der Waals surface area (Å²) in [6, 6.07) is 0. The first-order valence-electron chi connectivity index (χ1n) is 8.49. The molecule has 0 bridgehead atoms. The predicted molar refractivity (Wildman–Crippen MR) is 90.7 cm³/mol. The van der Waals surface area contributed by atoms with Gasteiger partial charge in [0, 0.05) is 0 Å². The van der Waals surface area contributed by atoms with Crippen molar-refractivity contribution >= 4 is 14.3 Å². The SMILES string of the molecule is CCN(CC)CC[CH2][Ge]([CH2]C)[CH2]CCN(CC)CC. The second-order valence-electron chi connectivity index (χ2n) is 5.36. The van der Waals surface area contributed by atoms with Gasteiger partial charge in [0.1, 0.15) is 0 Å². The zero-order chi connectivity index (χ0) is 14.5. The van der Waals surface area contributed by atoms with E-state index in [1.165, 1.54) is 57.4 Å². The molecule has 0 fully saturated rings. The van der Waals surface area contributed by atoms with Gasteiger partial charge in [0.25, 0.3) is 0 Å². The van der Waals surface area contributed by atoms with Crippen LogP contribution in [0.5, 0.6) is 0 Å². The van der Waals surface area contributed by atoms with Crippen LogP contribution in [0.25, 0.3) is 0 Å². The summed E-state index contributed by atoms with van der Waals surface area (Å²) in [4.78, 5) is 5.14. The summed E-state index contributed by atoms with van der Waals surface area (Å²) in [6.07, 6.45) is 2.91. The van der Waals surface area contributed by atoms with Crippen LogP contribution in [0.15, 0.2) is 0 Å². The van der Waals surface area contributed by atoms with Gasteiger partial charge >= 0.3 is 127 Å². The zero-order valence-corrected chi connectivity index (χ0v) is 16.3. The maximum absolute atomic E-state index is 2.57. The fraction of sp³-hybridized carbons (Fsp3) is 1.00. The molecule has 0 saturated heterocycles. The van der Waals surface area contributed by atoms with Gasteiger partial charge in [-0.05, 0) is 0 Å². The fourth-order valence-electron chi connectivity index (χ4n) is 2.66. The molecular formula is C16H37GeN2. The van der Waals surface area contributed by atoms with E-state index in [2.05, 4.69) is 44.4 Å². The van der Waals surface area contributed by atoms with Crippen molar-refractivity contribution in [1.29, 1.82) is 0 Å². The van der Waals surface area contributed by atoms with Crippen LogP contribution in [0.4, 0.5) is 0 Å². The Bertz CT molecular complexity index is 162. The van der Waals surface area contributed by atoms with Gasteiger partial charge in [-0.15, -0.1) is 0 Å². The normalized spacial score (nSPS) is 12.0. The fourth-order valence-corrected chi connectivity index (χ4v) is 7.43. The molecule has 3 heteroatoms. The van der Waals surface area contributed by atoms with E-state index in [4.69, 9.17) is 0 Å². The first kappa shape index (κ1) is 19.5. The van der Waals surface area contributed by atoms with Crippen LogP contribution in [0.3, 0.4) is 0 Å². The van der Waals surface area contributed by atoms with Crippen LogP contribution in [-0.4, -0.2) is 63.4 Å². The van der Waals surface area contributed by atoms with E-state index < -0.39 is 14.3 Å². The summed E-state index contributed by atoms with van der Waals surface area (Å²) in [6.45, 7) is 19.1. The molecule has 0 heterocycles. The van der Waals surface area contributed by atoms with Gasteiger partial charge in [-0.1, -0.05) is 0 Å². The van der Waals surface area contributed by atoms with Crippen molar-refractivity contribution in [3.63, 3.8) is 0 Å². The summed E-state index contributed by atoms with van der Waals surface area (Å²) in [5.41, 5.74) is 0. The van der Waals surface area contributed by atoms with E-state index in [1.54, 1.807) is 10.5 Å². The van der Waals surface area contributed by atoms with Gasteiger partial charge in [0.05, 0.1) is 0 Å². The molecule has 115 valence electrons. The molecule has 19 heavy (non-hydrogen) atoms. The van der Waals surface area contributed by atoms with Crippen LogP contribution in [0.2, 0.25) is 15.8 Å². The molecule has 0 unspecified atom stereocenters. The Labute approximate surface area is 127 Å². The third-order valence-electron chi connectivity index (χ3n) is 4.30. The Morgan fingerprint density at radius 2 is 1.00 bits per heavy atom. The van der Waals surface area contributed by atoms with E-state index in [1.807, 2.05) is 0 Å². The monoisotopic (exact) mass is 331 g/mol. The van der Waals surface area contributed by atoms with Crippen molar-refractivity contribution in [2.75, 3.05) is 39.3 Å². The van der Waals surface area contributed by atoms with E-state index in [9.17, 15) is 0 Å². The predicted octanol–water partition coefficient (Wildman–Crippen LogP) is 3.96. The molecule has 0 aliphatic rings. The summed E-state index contributed by atoms with van der Waals surface area (Å²) in [5.74, 6) is 0. The molecule has 0 aliphatic heterocycles. The Morgan fingerprint density at radius 1 is 0.632 bits per heavy atom. The molecule has 0 rings (SSSR count). The molecular weight excluding hydrogens is 293 g/mol. The van der Waals surface area contributed by atoms with E-state index in [0.717, 1.165) is 0 Å². The molecule has 0 saturated carbocycles. The van der Waals surface area contributed by atoms with Gasteiger partial charge < -0.3 is 0 Å². The molecule has 0 atom stereocenters. The average Bonchev–Trinajstić information content (AvgIpc) is 2.46. The van der Waals surface area contributed by atoms with Crippen molar-refractivity contribution < 1.29 is 0 Å². The molecule has 0 aromatic rings. The van der Waals surface area contributed by atoms with Crippen LogP contribution >= 0.6 is 0 Å². The summed E-state index contributed by atoms with van der Waals surface area (Å²) < 4.78 is 0. The summed E-state index contributed by atoms with van der Waals surface area (Å²) in [5, 5.41) is 4.70. The van der Waals surface area contributed by atoms with E-state index in [0.29, 0.717) is 0 Å². The Kier molecular flexibility index (Phi) is 13.8. The minimum absolute atomic E-state index is 0.704. The van der Waals surface area contributed by atoms with Crippen molar-refractivity contribution in [3.8, 4) is 0 Å². The van der Waals surface area contributed by atoms with Gasteiger partial charge in [-0.2, -0.15) is 0 Å². The zero-order valence-electron chi connectivity index (χ0n) is 14.2. The second kappa shape index (κ2) is 13.4. The first-order chi connectivity index (χ1) is 9.21. The maximum atomic E-state index is 2.57. The van der Waals surface area contributed by atoms with Crippen LogP contribution < -0.4 is 0 Å². The van der Waals surface area contributed by atoms with Gasteiger partial charge in [-0.25, -0.2) is 0 Å². The second-order valence-corrected chi connectivity index (χ2v) is 12.1. The summed E-state index contributed by atoms with van der Waals surface area (Å²) in [7, 11) is 0. The molecule has 0 aromatic carbocycles. The first-order valence-corrected chi connectivity index (χ1v) is 12.9. The average molecular weight is 330 g/mol. The molecule has 1 radical (unpaired) electrons. The van der Waals surface area contributed by atoms with Crippen LogP contribution in [0, 0.1) is 0 Å². The minimum atomic E-state index is -0.704. The number of hydrogen-bond acceptors (Lipinski definition) is 2. The molecule has 0 amide bonds. The molecule has 0 N–H and O–H groups in total. The topological polar surface area (TPSA) is 6.48 Å². The molecule has 0 aliphatic carbocycles. The van der Waals surface area contributed by atoms with Crippen molar-refractivity contribution in [1.82, 2.24) is 9.80 Å². The molecule has 2 nitrogen and oxygen atoms in total. The van der Waals surface area contributed by atoms with Gasteiger partial charge in [0.2, 0.25) is 0 Å². The van der Waals surface area contributed by atoms with E-state index in [-0.39, 0.29) is 0 Å². The standard InChI is InChI=1S/C16H37GeN2/c1-6-17(13-11-15-18(7-2)8-3)14-12-16-19(9-4)10-5/h6-16H2,1-5H3. The molecule has 0 spiro atoms. The summed E-state index contributed by atoms with van der Waals surface area (Å²) >= 11 is -0.704. The number of nitrogens with zero attached hydrogens (tertiary/aromatic N) is 2. The van der Waals surface area contributed by atoms with Gasteiger partial charge in [-0.3, -0.25) is 0 Å². The van der Waals surface area contributed by atoms with Gasteiger partial charge in [0.15, 0.2) is 0 Å². The Hall–Kier alpha value is 0.463. The van der Waals surface area contributed by atoms with E-state index >= 15 is 0 Å². The third-order valence-corrected chi connectivity index (χ3v) is 10.8. The third kappa shape index (κ3) is 9.92. The van der Waals surface area contributed by atoms with Crippen molar-refractivity contribution in [2.24, 2.45) is 0 Å². The van der Waals surface area contributed by atoms with Crippen molar-refractivity contribution in [3.05, 3.63) is 0 Å². The quantitative estimate of drug-likeness (QED) is 0.472. The molecule has 0 aromatic heterocycles. The van der Waals surface area contributed by atoms with Crippen LogP contribution in [0.1, 0.15) is 47.5 Å².